The molecule has 1 fully saturated rings. The average molecular weight is 266 g/mol. The number of nitrogens with one attached hydrogen (secondary N) is 1. The number of piperidine rings is 1. The van der Waals surface area contributed by atoms with Gasteiger partial charge in [0.2, 0.25) is 5.76 Å². The SMILES string of the molecule is CC(NC1CCN(C)CC1C)c1ccc(C(=O)O)o1. The molecule has 106 valence electrons. The Labute approximate surface area is 113 Å². The summed E-state index contributed by atoms with van der Waals surface area (Å²) in [5, 5.41) is 12.4. The Balaban J connectivity index is 1.96. The van der Waals surface area contributed by atoms with E-state index in [1.54, 1.807) is 6.07 Å². The molecule has 3 atom stereocenters. The second-order valence-corrected chi connectivity index (χ2v) is 5.53. The summed E-state index contributed by atoms with van der Waals surface area (Å²) in [4.78, 5) is 13.1. The first-order valence-corrected chi connectivity index (χ1v) is 6.75. The molecular formula is C14H22N2O3. The lowest BCUT2D eigenvalue weighted by molar-refractivity contribution is 0.0659. The van der Waals surface area contributed by atoms with Gasteiger partial charge in [0.1, 0.15) is 5.76 Å². The minimum absolute atomic E-state index is 0.0000703. The number of carbonyl (C=O) groups is 1. The van der Waals surface area contributed by atoms with Gasteiger partial charge in [0.05, 0.1) is 6.04 Å². The van der Waals surface area contributed by atoms with Gasteiger partial charge in [0, 0.05) is 12.6 Å². The van der Waals surface area contributed by atoms with E-state index in [9.17, 15) is 4.79 Å². The van der Waals surface area contributed by atoms with Crippen molar-refractivity contribution in [2.75, 3.05) is 20.1 Å². The highest BCUT2D eigenvalue weighted by atomic mass is 16.4. The molecule has 0 bridgehead atoms. The Morgan fingerprint density at radius 1 is 1.58 bits per heavy atom. The minimum Gasteiger partial charge on any atom is -0.475 e. The van der Waals surface area contributed by atoms with Gasteiger partial charge in [-0.15, -0.1) is 0 Å². The molecule has 1 saturated heterocycles. The van der Waals surface area contributed by atoms with Crippen molar-refractivity contribution in [2.45, 2.75) is 32.4 Å². The van der Waals surface area contributed by atoms with Crippen LogP contribution >= 0.6 is 0 Å². The first-order chi connectivity index (χ1) is 8.97. The van der Waals surface area contributed by atoms with Crippen LogP contribution in [-0.2, 0) is 0 Å². The first kappa shape index (κ1) is 14.1. The van der Waals surface area contributed by atoms with E-state index in [1.807, 2.05) is 6.92 Å². The Morgan fingerprint density at radius 2 is 2.32 bits per heavy atom. The van der Waals surface area contributed by atoms with Crippen LogP contribution < -0.4 is 5.32 Å². The third kappa shape index (κ3) is 3.36. The first-order valence-electron chi connectivity index (χ1n) is 6.75. The Hall–Kier alpha value is -1.33. The van der Waals surface area contributed by atoms with E-state index in [2.05, 4.69) is 24.2 Å². The molecule has 5 nitrogen and oxygen atoms in total. The monoisotopic (exact) mass is 266 g/mol. The highest BCUT2D eigenvalue weighted by Crippen LogP contribution is 2.22. The third-order valence-electron chi connectivity index (χ3n) is 3.84. The van der Waals surface area contributed by atoms with E-state index in [0.29, 0.717) is 17.7 Å². The predicted molar refractivity (Wildman–Crippen MR) is 72.3 cm³/mol. The van der Waals surface area contributed by atoms with Crippen LogP contribution in [0.1, 0.15) is 42.6 Å². The molecule has 0 aliphatic carbocycles. The van der Waals surface area contributed by atoms with Gasteiger partial charge in [-0.25, -0.2) is 4.79 Å². The zero-order valence-corrected chi connectivity index (χ0v) is 11.7. The van der Waals surface area contributed by atoms with E-state index in [1.165, 1.54) is 6.07 Å². The lowest BCUT2D eigenvalue weighted by Gasteiger charge is -2.36. The summed E-state index contributed by atoms with van der Waals surface area (Å²) in [6, 6.07) is 3.72. The van der Waals surface area contributed by atoms with E-state index in [-0.39, 0.29) is 11.8 Å². The number of carboxylic acid groups (broad SMARTS) is 1. The van der Waals surface area contributed by atoms with Crippen LogP contribution in [0.15, 0.2) is 16.5 Å². The van der Waals surface area contributed by atoms with Crippen molar-refractivity contribution in [3.8, 4) is 0 Å². The molecule has 19 heavy (non-hydrogen) atoms. The van der Waals surface area contributed by atoms with Gasteiger partial charge in [-0.3, -0.25) is 0 Å². The lowest BCUT2D eigenvalue weighted by Crippen LogP contribution is -2.47. The van der Waals surface area contributed by atoms with Crippen LogP contribution in [0.25, 0.3) is 0 Å². The maximum Gasteiger partial charge on any atom is 0.371 e. The second-order valence-electron chi connectivity index (χ2n) is 5.53. The molecule has 5 heteroatoms. The van der Waals surface area contributed by atoms with Gasteiger partial charge in [-0.05, 0) is 45.0 Å². The topological polar surface area (TPSA) is 65.7 Å². The lowest BCUT2D eigenvalue weighted by atomic mass is 9.93. The fourth-order valence-electron chi connectivity index (χ4n) is 2.71. The maximum absolute atomic E-state index is 10.8. The zero-order chi connectivity index (χ0) is 14.0. The van der Waals surface area contributed by atoms with Crippen molar-refractivity contribution in [2.24, 2.45) is 5.92 Å². The maximum atomic E-state index is 10.8. The number of rotatable bonds is 4. The summed E-state index contributed by atoms with van der Waals surface area (Å²) in [6.07, 6.45) is 1.11. The van der Waals surface area contributed by atoms with Crippen LogP contribution in [0.4, 0.5) is 0 Å². The molecule has 1 aromatic heterocycles. The molecule has 1 aliphatic rings. The highest BCUT2D eigenvalue weighted by molar-refractivity contribution is 5.84. The summed E-state index contributed by atoms with van der Waals surface area (Å²) < 4.78 is 5.33. The van der Waals surface area contributed by atoms with Crippen LogP contribution in [0.2, 0.25) is 0 Å². The molecular weight excluding hydrogens is 244 g/mol. The molecule has 3 unspecified atom stereocenters. The van der Waals surface area contributed by atoms with Crippen LogP contribution in [0.3, 0.4) is 0 Å². The second kappa shape index (κ2) is 5.75. The summed E-state index contributed by atoms with van der Waals surface area (Å²) >= 11 is 0. The smallest absolute Gasteiger partial charge is 0.371 e. The van der Waals surface area contributed by atoms with Crippen LogP contribution in [0.5, 0.6) is 0 Å². The van der Waals surface area contributed by atoms with Crippen molar-refractivity contribution in [3.63, 3.8) is 0 Å². The Bertz CT molecular complexity index is 444. The van der Waals surface area contributed by atoms with Gasteiger partial charge in [0.25, 0.3) is 0 Å². The molecule has 0 spiro atoms. The molecule has 0 radical (unpaired) electrons. The fraction of sp³-hybridized carbons (Fsp3) is 0.643. The van der Waals surface area contributed by atoms with Crippen LogP contribution in [0, 0.1) is 5.92 Å². The van der Waals surface area contributed by atoms with Gasteiger partial charge in [0.15, 0.2) is 0 Å². The van der Waals surface area contributed by atoms with Gasteiger partial charge in [-0.2, -0.15) is 0 Å². The number of likely N-dealkylation sites (tertiary alicyclic amines) is 1. The number of aromatic carboxylic acids is 1. The largest absolute Gasteiger partial charge is 0.475 e. The summed E-state index contributed by atoms with van der Waals surface area (Å²) in [5.41, 5.74) is 0. The van der Waals surface area contributed by atoms with Crippen molar-refractivity contribution in [1.29, 1.82) is 0 Å². The predicted octanol–water partition coefficient (Wildman–Crippen LogP) is 1.97. The Morgan fingerprint density at radius 3 is 2.89 bits per heavy atom. The third-order valence-corrected chi connectivity index (χ3v) is 3.84. The number of furan rings is 1. The average Bonchev–Trinajstić information content (AvgIpc) is 2.82. The van der Waals surface area contributed by atoms with Crippen molar-refractivity contribution in [3.05, 3.63) is 23.7 Å². The molecule has 2 heterocycles. The quantitative estimate of drug-likeness (QED) is 0.872. The minimum atomic E-state index is -1.02. The fourth-order valence-corrected chi connectivity index (χ4v) is 2.71. The standard InChI is InChI=1S/C14H22N2O3/c1-9-8-16(3)7-6-11(9)15-10(2)12-4-5-13(19-12)14(17)18/h4-5,9-11,15H,6-8H2,1-3H3,(H,17,18). The molecule has 2 rings (SSSR count). The number of carboxylic acids is 1. The molecule has 2 N–H and O–H groups in total. The van der Waals surface area contributed by atoms with Gasteiger partial charge >= 0.3 is 5.97 Å². The van der Waals surface area contributed by atoms with E-state index >= 15 is 0 Å². The molecule has 0 saturated carbocycles. The van der Waals surface area contributed by atoms with Crippen LogP contribution in [-0.4, -0.2) is 42.2 Å². The van der Waals surface area contributed by atoms with E-state index < -0.39 is 5.97 Å². The van der Waals surface area contributed by atoms with Crippen molar-refractivity contribution in [1.82, 2.24) is 10.2 Å². The normalized spacial score (nSPS) is 26.3. The summed E-state index contributed by atoms with van der Waals surface area (Å²) in [6.45, 7) is 6.43. The van der Waals surface area contributed by atoms with Gasteiger partial charge < -0.3 is 19.7 Å². The molecule has 1 aliphatic heterocycles. The Kier molecular flexibility index (Phi) is 4.27. The van der Waals surface area contributed by atoms with E-state index in [0.717, 1.165) is 19.5 Å². The summed E-state index contributed by atoms with van der Waals surface area (Å²) in [5.74, 6) is 0.241. The molecule has 1 aromatic rings. The summed E-state index contributed by atoms with van der Waals surface area (Å²) in [7, 11) is 2.14. The number of hydrogen-bond donors (Lipinski definition) is 2. The van der Waals surface area contributed by atoms with Crippen molar-refractivity contribution < 1.29 is 14.3 Å². The zero-order valence-electron chi connectivity index (χ0n) is 11.7. The van der Waals surface area contributed by atoms with Crippen molar-refractivity contribution >= 4 is 5.97 Å². The number of nitrogens with zero attached hydrogens (tertiary/aromatic N) is 1. The molecule has 0 aromatic carbocycles. The van der Waals surface area contributed by atoms with Gasteiger partial charge in [-0.1, -0.05) is 6.92 Å². The molecule has 0 amide bonds. The highest BCUT2D eigenvalue weighted by Gasteiger charge is 2.26. The van der Waals surface area contributed by atoms with E-state index in [4.69, 9.17) is 9.52 Å². The number of hydrogen-bond acceptors (Lipinski definition) is 4.